The van der Waals surface area contributed by atoms with Crippen molar-refractivity contribution in [3.8, 4) is 16.9 Å². The maximum absolute atomic E-state index is 5.39. The van der Waals surface area contributed by atoms with Crippen LogP contribution in [0.15, 0.2) is 55.2 Å². The third-order valence-corrected chi connectivity index (χ3v) is 3.22. The number of aryl methyl sites for hydroxylation is 1. The first-order valence-electron chi connectivity index (χ1n) is 6.26. The van der Waals surface area contributed by atoms with E-state index < -0.39 is 0 Å². The Bertz CT molecular complexity index is 572. The number of anilines is 1. The van der Waals surface area contributed by atoms with Gasteiger partial charge in [-0.05, 0) is 36.4 Å². The largest absolute Gasteiger partial charge is 0.495 e. The van der Waals surface area contributed by atoms with E-state index in [0.717, 1.165) is 11.4 Å². The van der Waals surface area contributed by atoms with Gasteiger partial charge in [-0.2, -0.15) is 0 Å². The first kappa shape index (κ1) is 13.2. The third kappa shape index (κ3) is 2.79. The van der Waals surface area contributed by atoms with E-state index in [4.69, 9.17) is 4.74 Å². The van der Waals surface area contributed by atoms with Crippen molar-refractivity contribution in [1.82, 2.24) is 0 Å². The van der Waals surface area contributed by atoms with Gasteiger partial charge in [0, 0.05) is 7.05 Å². The number of ether oxygens (including phenoxy) is 1. The summed E-state index contributed by atoms with van der Waals surface area (Å²) in [6.45, 7) is 5.89. The molecule has 0 spiro atoms. The Balaban J connectivity index is 2.48. The van der Waals surface area contributed by atoms with E-state index in [1.165, 1.54) is 16.7 Å². The molecule has 0 aliphatic carbocycles. The molecule has 0 heterocycles. The Labute approximate surface area is 114 Å². The normalized spacial score (nSPS) is 10.1. The molecule has 0 aromatic heterocycles. The zero-order chi connectivity index (χ0) is 13.8. The summed E-state index contributed by atoms with van der Waals surface area (Å²) in [6.07, 6.45) is 1.77. The highest BCUT2D eigenvalue weighted by Crippen LogP contribution is 2.32. The highest BCUT2D eigenvalue weighted by Gasteiger charge is 2.08. The van der Waals surface area contributed by atoms with Crippen LogP contribution < -0.4 is 9.64 Å². The predicted octanol–water partition coefficient (Wildman–Crippen LogP) is 4.25. The van der Waals surface area contributed by atoms with Gasteiger partial charge in [-0.3, -0.25) is 0 Å². The van der Waals surface area contributed by atoms with Crippen molar-refractivity contribution in [3.05, 3.63) is 60.8 Å². The van der Waals surface area contributed by atoms with Crippen LogP contribution in [-0.4, -0.2) is 14.2 Å². The van der Waals surface area contributed by atoms with Crippen molar-refractivity contribution in [2.75, 3.05) is 19.1 Å². The van der Waals surface area contributed by atoms with Crippen molar-refractivity contribution in [3.63, 3.8) is 0 Å². The van der Waals surface area contributed by atoms with Crippen molar-refractivity contribution in [2.24, 2.45) is 0 Å². The van der Waals surface area contributed by atoms with Gasteiger partial charge in [0.2, 0.25) is 0 Å². The van der Waals surface area contributed by atoms with Crippen molar-refractivity contribution in [2.45, 2.75) is 6.92 Å². The molecule has 2 aromatic carbocycles. The van der Waals surface area contributed by atoms with Crippen LogP contribution in [0.4, 0.5) is 5.69 Å². The standard InChI is InChI=1S/C17H19NO/c1-5-18(3)16-12-15(10-11-17(16)19-4)14-8-6-13(2)7-9-14/h5-12H,1H2,2-4H3. The van der Waals surface area contributed by atoms with E-state index in [1.807, 2.05) is 18.0 Å². The van der Waals surface area contributed by atoms with Crippen LogP contribution in [0.2, 0.25) is 0 Å². The Hall–Kier alpha value is -2.22. The van der Waals surface area contributed by atoms with E-state index in [0.29, 0.717) is 0 Å². The summed E-state index contributed by atoms with van der Waals surface area (Å²) in [5.41, 5.74) is 4.65. The number of nitrogens with zero attached hydrogens (tertiary/aromatic N) is 1. The smallest absolute Gasteiger partial charge is 0.142 e. The summed E-state index contributed by atoms with van der Waals surface area (Å²) in [5, 5.41) is 0. The van der Waals surface area contributed by atoms with E-state index in [9.17, 15) is 0 Å². The zero-order valence-corrected chi connectivity index (χ0v) is 11.7. The number of methoxy groups -OCH3 is 1. The minimum absolute atomic E-state index is 0.846. The average molecular weight is 253 g/mol. The van der Waals surface area contributed by atoms with Crippen LogP contribution in [-0.2, 0) is 0 Å². The SMILES string of the molecule is C=CN(C)c1cc(-c2ccc(C)cc2)ccc1OC. The molecule has 0 saturated heterocycles. The second-order valence-electron chi connectivity index (χ2n) is 4.55. The quantitative estimate of drug-likeness (QED) is 0.807. The lowest BCUT2D eigenvalue weighted by molar-refractivity contribution is 0.415. The van der Waals surface area contributed by atoms with Crippen molar-refractivity contribution in [1.29, 1.82) is 0 Å². The fourth-order valence-electron chi connectivity index (χ4n) is 1.99. The monoisotopic (exact) mass is 253 g/mol. The van der Waals surface area contributed by atoms with E-state index in [-0.39, 0.29) is 0 Å². The average Bonchev–Trinajstić information content (AvgIpc) is 2.46. The second-order valence-corrected chi connectivity index (χ2v) is 4.55. The zero-order valence-electron chi connectivity index (χ0n) is 11.7. The first-order valence-corrected chi connectivity index (χ1v) is 6.26. The van der Waals surface area contributed by atoms with Gasteiger partial charge in [0.15, 0.2) is 0 Å². The third-order valence-electron chi connectivity index (χ3n) is 3.22. The van der Waals surface area contributed by atoms with Crippen LogP contribution in [0.5, 0.6) is 5.75 Å². The molecule has 0 bridgehead atoms. The lowest BCUT2D eigenvalue weighted by Crippen LogP contribution is -2.08. The number of rotatable bonds is 4. The van der Waals surface area contributed by atoms with Gasteiger partial charge in [0.1, 0.15) is 5.75 Å². The number of benzene rings is 2. The van der Waals surface area contributed by atoms with Gasteiger partial charge in [-0.1, -0.05) is 42.5 Å². The number of hydrogen-bond donors (Lipinski definition) is 0. The lowest BCUT2D eigenvalue weighted by Gasteiger charge is -2.18. The highest BCUT2D eigenvalue weighted by molar-refractivity contribution is 5.73. The van der Waals surface area contributed by atoms with Crippen LogP contribution >= 0.6 is 0 Å². The Morgan fingerprint density at radius 1 is 1.05 bits per heavy atom. The van der Waals surface area contributed by atoms with Gasteiger partial charge in [0.05, 0.1) is 12.8 Å². The molecule has 0 amide bonds. The molecule has 98 valence electrons. The molecule has 0 atom stereocenters. The molecule has 0 aliphatic rings. The highest BCUT2D eigenvalue weighted by atomic mass is 16.5. The summed E-state index contributed by atoms with van der Waals surface area (Å²) < 4.78 is 5.39. The van der Waals surface area contributed by atoms with Gasteiger partial charge >= 0.3 is 0 Å². The van der Waals surface area contributed by atoms with Gasteiger partial charge < -0.3 is 9.64 Å². The summed E-state index contributed by atoms with van der Waals surface area (Å²) in [6, 6.07) is 14.7. The van der Waals surface area contributed by atoms with Crippen LogP contribution in [0.25, 0.3) is 11.1 Å². The molecule has 0 radical (unpaired) electrons. The molecule has 2 aromatic rings. The Kier molecular flexibility index (Phi) is 3.91. The van der Waals surface area contributed by atoms with Gasteiger partial charge in [-0.25, -0.2) is 0 Å². The summed E-state index contributed by atoms with van der Waals surface area (Å²) in [4.78, 5) is 1.95. The summed E-state index contributed by atoms with van der Waals surface area (Å²) in [5.74, 6) is 0.846. The van der Waals surface area contributed by atoms with E-state index in [2.05, 4.69) is 49.9 Å². The topological polar surface area (TPSA) is 12.5 Å². The molecule has 0 unspecified atom stereocenters. The van der Waals surface area contributed by atoms with Crippen LogP contribution in [0.1, 0.15) is 5.56 Å². The second kappa shape index (κ2) is 5.61. The van der Waals surface area contributed by atoms with Gasteiger partial charge in [0.25, 0.3) is 0 Å². The molecule has 0 N–H and O–H groups in total. The lowest BCUT2D eigenvalue weighted by atomic mass is 10.0. The molecule has 0 saturated carbocycles. The van der Waals surface area contributed by atoms with Gasteiger partial charge in [-0.15, -0.1) is 0 Å². The van der Waals surface area contributed by atoms with E-state index in [1.54, 1.807) is 13.3 Å². The molecule has 2 heteroatoms. The Morgan fingerprint density at radius 3 is 2.26 bits per heavy atom. The summed E-state index contributed by atoms with van der Waals surface area (Å²) >= 11 is 0. The Morgan fingerprint density at radius 2 is 1.68 bits per heavy atom. The number of hydrogen-bond acceptors (Lipinski definition) is 2. The molecule has 19 heavy (non-hydrogen) atoms. The van der Waals surface area contributed by atoms with Crippen LogP contribution in [0.3, 0.4) is 0 Å². The molecular formula is C17H19NO. The maximum Gasteiger partial charge on any atom is 0.142 e. The minimum atomic E-state index is 0.846. The van der Waals surface area contributed by atoms with Crippen LogP contribution in [0, 0.1) is 6.92 Å². The predicted molar refractivity (Wildman–Crippen MR) is 81.8 cm³/mol. The fourth-order valence-corrected chi connectivity index (χ4v) is 1.99. The molecular weight excluding hydrogens is 234 g/mol. The van der Waals surface area contributed by atoms with Crippen molar-refractivity contribution < 1.29 is 4.74 Å². The molecule has 0 fully saturated rings. The minimum Gasteiger partial charge on any atom is -0.495 e. The fraction of sp³-hybridized carbons (Fsp3) is 0.176. The van der Waals surface area contributed by atoms with Crippen molar-refractivity contribution >= 4 is 5.69 Å². The molecule has 0 aliphatic heterocycles. The molecule has 2 rings (SSSR count). The maximum atomic E-state index is 5.39. The van der Waals surface area contributed by atoms with E-state index >= 15 is 0 Å². The molecule has 2 nitrogen and oxygen atoms in total. The first-order chi connectivity index (χ1) is 9.15. The summed E-state index contributed by atoms with van der Waals surface area (Å²) in [7, 11) is 3.64.